The first-order chi connectivity index (χ1) is 12.4. The van der Waals surface area contributed by atoms with Gasteiger partial charge in [0.15, 0.2) is 6.61 Å². The number of carbonyl (C=O) groups excluding carboxylic acids is 1. The molecule has 0 saturated heterocycles. The van der Waals surface area contributed by atoms with E-state index in [1.165, 1.54) is 18.3 Å². The molecule has 8 nitrogen and oxygen atoms in total. The number of rotatable bonds is 7. The van der Waals surface area contributed by atoms with Gasteiger partial charge in [0, 0.05) is 37.5 Å². The van der Waals surface area contributed by atoms with Gasteiger partial charge in [0.05, 0.1) is 11.1 Å². The summed E-state index contributed by atoms with van der Waals surface area (Å²) < 4.78 is 5.35. The lowest BCUT2D eigenvalue weighted by atomic mass is 10.1. The van der Waals surface area contributed by atoms with E-state index in [0.717, 1.165) is 11.3 Å². The van der Waals surface area contributed by atoms with Crippen molar-refractivity contribution in [3.8, 4) is 5.75 Å². The van der Waals surface area contributed by atoms with Gasteiger partial charge in [0.2, 0.25) is 0 Å². The van der Waals surface area contributed by atoms with Crippen LogP contribution in [0.2, 0.25) is 0 Å². The molecule has 0 saturated carbocycles. The van der Waals surface area contributed by atoms with E-state index >= 15 is 0 Å². The van der Waals surface area contributed by atoms with E-state index < -0.39 is 10.8 Å². The van der Waals surface area contributed by atoms with Crippen LogP contribution in [0.1, 0.15) is 11.1 Å². The summed E-state index contributed by atoms with van der Waals surface area (Å²) in [5.74, 6) is 0.155. The summed E-state index contributed by atoms with van der Waals surface area (Å²) in [5, 5.41) is 14.8. The number of hydrogen-bond acceptors (Lipinski definition) is 6. The zero-order chi connectivity index (χ0) is 19.1. The number of amides is 1. The molecule has 0 aliphatic carbocycles. The van der Waals surface area contributed by atoms with E-state index in [1.807, 2.05) is 33.2 Å². The van der Waals surface area contributed by atoms with Crippen LogP contribution in [-0.4, -0.2) is 37.7 Å². The minimum Gasteiger partial charge on any atom is -0.484 e. The number of nitrogens with zero attached hydrogens (tertiary/aromatic N) is 3. The zero-order valence-electron chi connectivity index (χ0n) is 14.8. The molecular weight excluding hydrogens is 336 g/mol. The molecule has 0 radical (unpaired) electrons. The third kappa shape index (κ3) is 5.30. The molecule has 0 aromatic heterocycles. The second-order valence-electron chi connectivity index (χ2n) is 5.79. The van der Waals surface area contributed by atoms with Gasteiger partial charge in [-0.2, -0.15) is 5.10 Å². The van der Waals surface area contributed by atoms with Crippen LogP contribution in [0.4, 0.5) is 11.4 Å². The molecule has 0 heterocycles. The molecule has 0 aliphatic rings. The Morgan fingerprint density at radius 1 is 1.27 bits per heavy atom. The molecule has 2 aromatic rings. The maximum absolute atomic E-state index is 11.8. The van der Waals surface area contributed by atoms with Gasteiger partial charge in [-0.25, -0.2) is 5.43 Å². The van der Waals surface area contributed by atoms with Gasteiger partial charge in [-0.3, -0.25) is 14.9 Å². The first-order valence-electron chi connectivity index (χ1n) is 7.84. The van der Waals surface area contributed by atoms with E-state index in [0.29, 0.717) is 11.3 Å². The van der Waals surface area contributed by atoms with Crippen LogP contribution in [0.25, 0.3) is 0 Å². The van der Waals surface area contributed by atoms with Crippen molar-refractivity contribution in [1.29, 1.82) is 0 Å². The third-order valence-electron chi connectivity index (χ3n) is 3.49. The Hall–Kier alpha value is -3.42. The number of aryl methyl sites for hydroxylation is 1. The Morgan fingerprint density at radius 2 is 1.96 bits per heavy atom. The molecule has 1 N–H and O–H groups in total. The maximum Gasteiger partial charge on any atom is 0.277 e. The Bertz CT molecular complexity index is 816. The molecule has 26 heavy (non-hydrogen) atoms. The third-order valence-corrected chi connectivity index (χ3v) is 3.49. The van der Waals surface area contributed by atoms with Crippen LogP contribution in [0.5, 0.6) is 5.75 Å². The highest BCUT2D eigenvalue weighted by atomic mass is 16.6. The van der Waals surface area contributed by atoms with Gasteiger partial charge in [0.1, 0.15) is 5.75 Å². The first kappa shape index (κ1) is 18.9. The normalized spacial score (nSPS) is 10.6. The van der Waals surface area contributed by atoms with Crippen LogP contribution in [-0.2, 0) is 4.79 Å². The minimum atomic E-state index is -0.481. The second-order valence-corrected chi connectivity index (χ2v) is 5.79. The summed E-state index contributed by atoms with van der Waals surface area (Å²) in [6, 6.07) is 11.8. The lowest BCUT2D eigenvalue weighted by Crippen LogP contribution is -2.24. The fourth-order valence-corrected chi connectivity index (χ4v) is 2.16. The van der Waals surface area contributed by atoms with Crippen LogP contribution >= 0.6 is 0 Å². The van der Waals surface area contributed by atoms with Gasteiger partial charge in [0.25, 0.3) is 11.6 Å². The van der Waals surface area contributed by atoms with Crippen molar-refractivity contribution in [2.45, 2.75) is 6.92 Å². The SMILES string of the molecule is Cc1ccc(OCC(=O)NN=Cc2cc([N+](=O)[O-])ccc2N(C)C)cc1. The van der Waals surface area contributed by atoms with Gasteiger partial charge in [-0.05, 0) is 25.1 Å². The van der Waals surface area contributed by atoms with Crippen molar-refractivity contribution in [3.63, 3.8) is 0 Å². The molecule has 1 amide bonds. The Labute approximate surface area is 151 Å². The fraction of sp³-hybridized carbons (Fsp3) is 0.222. The van der Waals surface area contributed by atoms with Gasteiger partial charge >= 0.3 is 0 Å². The summed E-state index contributed by atoms with van der Waals surface area (Å²) in [6.07, 6.45) is 1.37. The average Bonchev–Trinajstić information content (AvgIpc) is 2.61. The van der Waals surface area contributed by atoms with Crippen LogP contribution in [0.3, 0.4) is 0 Å². The summed E-state index contributed by atoms with van der Waals surface area (Å²) in [4.78, 5) is 24.0. The molecule has 2 rings (SSSR count). The maximum atomic E-state index is 11.8. The van der Waals surface area contributed by atoms with Gasteiger partial charge in [-0.15, -0.1) is 0 Å². The molecule has 0 spiro atoms. The summed E-state index contributed by atoms with van der Waals surface area (Å²) in [6.45, 7) is 1.77. The number of non-ortho nitro benzene ring substituents is 1. The van der Waals surface area contributed by atoms with E-state index in [4.69, 9.17) is 4.74 Å². The van der Waals surface area contributed by atoms with Crippen LogP contribution < -0.4 is 15.1 Å². The van der Waals surface area contributed by atoms with Crippen molar-refractivity contribution < 1.29 is 14.5 Å². The largest absolute Gasteiger partial charge is 0.484 e. The fourth-order valence-electron chi connectivity index (χ4n) is 2.16. The molecule has 0 bridgehead atoms. The summed E-state index contributed by atoms with van der Waals surface area (Å²) >= 11 is 0. The standard InChI is InChI=1S/C18H20N4O4/c1-13-4-7-16(8-5-13)26-12-18(23)20-19-11-14-10-15(22(24)25)6-9-17(14)21(2)3/h4-11H,12H2,1-3H3,(H,20,23). The molecule has 0 unspecified atom stereocenters. The number of nitro benzene ring substituents is 1. The number of hydrazone groups is 1. The van der Waals surface area contributed by atoms with E-state index in [2.05, 4.69) is 10.5 Å². The number of ether oxygens (including phenoxy) is 1. The van der Waals surface area contributed by atoms with Gasteiger partial charge in [-0.1, -0.05) is 17.7 Å². The van der Waals surface area contributed by atoms with Crippen molar-refractivity contribution in [3.05, 3.63) is 63.7 Å². The highest BCUT2D eigenvalue weighted by Gasteiger charge is 2.11. The quantitative estimate of drug-likeness (QED) is 0.467. The molecule has 136 valence electrons. The van der Waals surface area contributed by atoms with Crippen molar-refractivity contribution in [1.82, 2.24) is 5.43 Å². The molecule has 0 fully saturated rings. The predicted octanol–water partition coefficient (Wildman–Crippen LogP) is 2.50. The minimum absolute atomic E-state index is 0.0499. The number of hydrogen-bond donors (Lipinski definition) is 1. The Morgan fingerprint density at radius 3 is 2.58 bits per heavy atom. The highest BCUT2D eigenvalue weighted by molar-refractivity contribution is 5.90. The smallest absolute Gasteiger partial charge is 0.277 e. The lowest BCUT2D eigenvalue weighted by molar-refractivity contribution is -0.384. The number of benzene rings is 2. The molecule has 8 heteroatoms. The van der Waals surface area contributed by atoms with E-state index in [1.54, 1.807) is 23.1 Å². The molecular formula is C18H20N4O4. The average molecular weight is 356 g/mol. The summed E-state index contributed by atoms with van der Waals surface area (Å²) in [5.41, 5.74) is 4.65. The Kier molecular flexibility index (Phi) is 6.26. The monoisotopic (exact) mass is 356 g/mol. The molecule has 0 atom stereocenters. The number of anilines is 1. The topological polar surface area (TPSA) is 97.1 Å². The molecule has 2 aromatic carbocycles. The van der Waals surface area contributed by atoms with Crippen molar-refractivity contribution >= 4 is 23.5 Å². The second kappa shape index (κ2) is 8.61. The zero-order valence-corrected chi connectivity index (χ0v) is 14.8. The number of carbonyl (C=O) groups is 1. The Balaban J connectivity index is 1.98. The van der Waals surface area contributed by atoms with Crippen molar-refractivity contribution in [2.75, 3.05) is 25.6 Å². The number of nitro groups is 1. The highest BCUT2D eigenvalue weighted by Crippen LogP contribution is 2.22. The summed E-state index contributed by atoms with van der Waals surface area (Å²) in [7, 11) is 3.62. The number of nitrogens with one attached hydrogen (secondary N) is 1. The lowest BCUT2D eigenvalue weighted by Gasteiger charge is -2.14. The molecule has 0 aliphatic heterocycles. The van der Waals surface area contributed by atoms with E-state index in [-0.39, 0.29) is 12.3 Å². The van der Waals surface area contributed by atoms with Crippen LogP contribution in [0, 0.1) is 17.0 Å². The first-order valence-corrected chi connectivity index (χ1v) is 7.84. The van der Waals surface area contributed by atoms with Gasteiger partial charge < -0.3 is 9.64 Å². The predicted molar refractivity (Wildman–Crippen MR) is 99.8 cm³/mol. The van der Waals surface area contributed by atoms with Crippen LogP contribution in [0.15, 0.2) is 47.6 Å². The van der Waals surface area contributed by atoms with Crippen molar-refractivity contribution in [2.24, 2.45) is 5.10 Å². The van der Waals surface area contributed by atoms with E-state index in [9.17, 15) is 14.9 Å².